The van der Waals surface area contributed by atoms with Gasteiger partial charge in [0.1, 0.15) is 11.3 Å². The maximum atomic E-state index is 4.99. The zero-order valence-electron chi connectivity index (χ0n) is 14.3. The minimum Gasteiger partial charge on any atom is -0.311 e. The molecule has 0 radical (unpaired) electrons. The molecular weight excluding hydrogens is 286 g/mol. The van der Waals surface area contributed by atoms with E-state index in [1.54, 1.807) is 0 Å². The van der Waals surface area contributed by atoms with Crippen LogP contribution >= 0.6 is 0 Å². The molecule has 2 fully saturated rings. The molecule has 2 atom stereocenters. The number of aromatic nitrogens is 3. The van der Waals surface area contributed by atoms with Crippen LogP contribution in [-0.4, -0.2) is 64.1 Å². The van der Waals surface area contributed by atoms with Gasteiger partial charge in [-0.1, -0.05) is 0 Å². The van der Waals surface area contributed by atoms with Gasteiger partial charge < -0.3 is 14.4 Å². The van der Waals surface area contributed by atoms with Crippen LogP contribution in [0, 0.1) is 0 Å². The summed E-state index contributed by atoms with van der Waals surface area (Å²) in [5.74, 6) is 1.79. The number of nitrogens with zero attached hydrogens (tertiary/aromatic N) is 5. The highest BCUT2D eigenvalue weighted by Gasteiger charge is 2.28. The van der Waals surface area contributed by atoms with Gasteiger partial charge in [-0.3, -0.25) is 0 Å². The lowest BCUT2D eigenvalue weighted by Crippen LogP contribution is -2.34. The Balaban J connectivity index is 1.72. The summed E-state index contributed by atoms with van der Waals surface area (Å²) in [5.41, 5.74) is 2.12. The number of likely N-dealkylation sites (N-methyl/N-ethyl adjacent to an activating group) is 2. The zero-order valence-corrected chi connectivity index (χ0v) is 14.3. The van der Waals surface area contributed by atoms with E-state index in [4.69, 9.17) is 4.98 Å². The lowest BCUT2D eigenvalue weighted by molar-refractivity contribution is 0.237. The second kappa shape index (κ2) is 6.21. The third-order valence-electron chi connectivity index (χ3n) is 5.59. The first-order chi connectivity index (χ1) is 11.2. The van der Waals surface area contributed by atoms with Crippen molar-refractivity contribution < 1.29 is 0 Å². The quantitative estimate of drug-likeness (QED) is 0.871. The third-order valence-corrected chi connectivity index (χ3v) is 5.59. The molecule has 2 aromatic heterocycles. The monoisotopic (exact) mass is 313 g/mol. The molecule has 2 aliphatic rings. The van der Waals surface area contributed by atoms with Crippen LogP contribution in [0.1, 0.15) is 37.4 Å². The van der Waals surface area contributed by atoms with Crippen LogP contribution in [0.3, 0.4) is 0 Å². The van der Waals surface area contributed by atoms with Gasteiger partial charge in [-0.25, -0.2) is 9.97 Å². The Hall–Kier alpha value is -1.46. The van der Waals surface area contributed by atoms with Crippen molar-refractivity contribution in [3.63, 3.8) is 0 Å². The average Bonchev–Trinajstić information content (AvgIpc) is 3.12. The van der Waals surface area contributed by atoms with Crippen molar-refractivity contribution in [2.75, 3.05) is 33.7 Å². The van der Waals surface area contributed by atoms with Gasteiger partial charge in [-0.2, -0.15) is 0 Å². The van der Waals surface area contributed by atoms with E-state index in [0.29, 0.717) is 12.0 Å². The fraction of sp³-hybridized carbons (Fsp3) is 0.667. The second-order valence-electron chi connectivity index (χ2n) is 7.30. The van der Waals surface area contributed by atoms with Gasteiger partial charge in [0.15, 0.2) is 5.65 Å². The summed E-state index contributed by atoms with van der Waals surface area (Å²) < 4.78 is 2.42. The average molecular weight is 313 g/mol. The summed E-state index contributed by atoms with van der Waals surface area (Å²) in [6.45, 7) is 4.57. The van der Waals surface area contributed by atoms with Crippen molar-refractivity contribution >= 4 is 11.2 Å². The van der Waals surface area contributed by atoms with Gasteiger partial charge in [-0.15, -0.1) is 0 Å². The van der Waals surface area contributed by atoms with Crippen molar-refractivity contribution in [2.45, 2.75) is 44.2 Å². The summed E-state index contributed by atoms with van der Waals surface area (Å²) in [6, 6.07) is 4.72. The van der Waals surface area contributed by atoms with Crippen molar-refractivity contribution in [3.8, 4) is 0 Å². The molecule has 0 N–H and O–H groups in total. The van der Waals surface area contributed by atoms with Crippen molar-refractivity contribution in [1.82, 2.24) is 24.3 Å². The van der Waals surface area contributed by atoms with E-state index in [0.717, 1.165) is 24.3 Å². The molecule has 2 saturated heterocycles. The largest absolute Gasteiger partial charge is 0.311 e. The molecule has 2 aromatic rings. The Morgan fingerprint density at radius 3 is 2.83 bits per heavy atom. The number of imidazole rings is 1. The molecule has 5 nitrogen and oxygen atoms in total. The topological polar surface area (TPSA) is 37.2 Å². The Labute approximate surface area is 138 Å². The molecule has 0 bridgehead atoms. The first kappa shape index (κ1) is 15.1. The lowest BCUT2D eigenvalue weighted by atomic mass is 9.97. The van der Waals surface area contributed by atoms with E-state index in [9.17, 15) is 0 Å². The molecule has 0 aliphatic carbocycles. The molecule has 23 heavy (non-hydrogen) atoms. The van der Waals surface area contributed by atoms with Crippen LogP contribution in [0.5, 0.6) is 0 Å². The second-order valence-corrected chi connectivity index (χ2v) is 7.30. The van der Waals surface area contributed by atoms with Crippen molar-refractivity contribution in [1.29, 1.82) is 0 Å². The standard InChI is InChI=1S/C18H27N5/c1-21-10-4-6-14(12-21)17-20-16-8-3-9-19-18(16)23(17)13-15-7-5-11-22(15)2/h3,8-9,14-15H,4-7,10-13H2,1-2H3. The van der Waals surface area contributed by atoms with Crippen LogP contribution < -0.4 is 0 Å². The van der Waals surface area contributed by atoms with Crippen LogP contribution in [0.25, 0.3) is 11.2 Å². The molecule has 124 valence electrons. The molecule has 0 spiro atoms. The van der Waals surface area contributed by atoms with E-state index in [1.807, 2.05) is 12.3 Å². The number of hydrogen-bond donors (Lipinski definition) is 0. The summed E-state index contributed by atoms with van der Waals surface area (Å²) >= 11 is 0. The van der Waals surface area contributed by atoms with Crippen molar-refractivity contribution in [2.24, 2.45) is 0 Å². The SMILES string of the molecule is CN1CCCC(c2nc3cccnc3n2CC2CCCN2C)C1. The summed E-state index contributed by atoms with van der Waals surface area (Å²) in [5, 5.41) is 0. The van der Waals surface area contributed by atoms with Crippen LogP contribution in [0.2, 0.25) is 0 Å². The highest BCUT2D eigenvalue weighted by atomic mass is 15.2. The van der Waals surface area contributed by atoms with Gasteiger partial charge in [0, 0.05) is 31.2 Å². The van der Waals surface area contributed by atoms with Gasteiger partial charge in [0.25, 0.3) is 0 Å². The summed E-state index contributed by atoms with van der Waals surface area (Å²) in [6.07, 6.45) is 7.00. The molecule has 5 heteroatoms. The number of rotatable bonds is 3. The predicted molar refractivity (Wildman–Crippen MR) is 92.7 cm³/mol. The minimum absolute atomic E-state index is 0.537. The third kappa shape index (κ3) is 2.88. The fourth-order valence-electron chi connectivity index (χ4n) is 4.27. The maximum Gasteiger partial charge on any atom is 0.160 e. The number of likely N-dealkylation sites (tertiary alicyclic amines) is 2. The summed E-state index contributed by atoms with van der Waals surface area (Å²) in [4.78, 5) is 14.6. The predicted octanol–water partition coefficient (Wildman–Crippen LogP) is 2.33. The molecule has 0 saturated carbocycles. The molecule has 4 rings (SSSR count). The van der Waals surface area contributed by atoms with Gasteiger partial charge in [0.05, 0.1) is 0 Å². The van der Waals surface area contributed by atoms with E-state index >= 15 is 0 Å². The van der Waals surface area contributed by atoms with Gasteiger partial charge in [0.2, 0.25) is 0 Å². The Morgan fingerprint density at radius 2 is 2.04 bits per heavy atom. The first-order valence-electron chi connectivity index (χ1n) is 8.92. The van der Waals surface area contributed by atoms with E-state index in [2.05, 4.69) is 39.5 Å². The normalized spacial score (nSPS) is 27.0. The van der Waals surface area contributed by atoms with E-state index in [1.165, 1.54) is 44.6 Å². The van der Waals surface area contributed by atoms with Crippen LogP contribution in [-0.2, 0) is 6.54 Å². The molecule has 0 aromatic carbocycles. The number of fused-ring (bicyclic) bond motifs is 1. The highest BCUT2D eigenvalue weighted by Crippen LogP contribution is 2.29. The van der Waals surface area contributed by atoms with Crippen LogP contribution in [0.4, 0.5) is 0 Å². The van der Waals surface area contributed by atoms with E-state index < -0.39 is 0 Å². The Kier molecular flexibility index (Phi) is 4.07. The molecule has 2 unspecified atom stereocenters. The smallest absolute Gasteiger partial charge is 0.160 e. The lowest BCUT2D eigenvalue weighted by Gasteiger charge is -2.30. The number of pyridine rings is 1. The van der Waals surface area contributed by atoms with Gasteiger partial charge in [-0.05, 0) is 65.0 Å². The molecule has 0 amide bonds. The van der Waals surface area contributed by atoms with Crippen LogP contribution in [0.15, 0.2) is 18.3 Å². The summed E-state index contributed by atoms with van der Waals surface area (Å²) in [7, 11) is 4.47. The minimum atomic E-state index is 0.537. The number of piperidine rings is 1. The first-order valence-corrected chi connectivity index (χ1v) is 8.92. The number of hydrogen-bond acceptors (Lipinski definition) is 4. The van der Waals surface area contributed by atoms with Gasteiger partial charge >= 0.3 is 0 Å². The maximum absolute atomic E-state index is 4.99. The highest BCUT2D eigenvalue weighted by molar-refractivity contribution is 5.71. The van der Waals surface area contributed by atoms with Crippen molar-refractivity contribution in [3.05, 3.63) is 24.2 Å². The Bertz CT molecular complexity index is 679. The fourth-order valence-corrected chi connectivity index (χ4v) is 4.27. The zero-order chi connectivity index (χ0) is 15.8. The molecule has 2 aliphatic heterocycles. The Morgan fingerprint density at radius 1 is 1.17 bits per heavy atom. The molecule has 4 heterocycles. The van der Waals surface area contributed by atoms with E-state index in [-0.39, 0.29) is 0 Å². The molecular formula is C18H27N5.